The van der Waals surface area contributed by atoms with Gasteiger partial charge in [-0.1, -0.05) is 30.3 Å². The van der Waals surface area contributed by atoms with Gasteiger partial charge in [-0.15, -0.1) is 0 Å². The molecule has 0 amide bonds. The van der Waals surface area contributed by atoms with Crippen LogP contribution in [0.2, 0.25) is 0 Å². The van der Waals surface area contributed by atoms with Crippen molar-refractivity contribution in [1.82, 2.24) is 0 Å². The Morgan fingerprint density at radius 2 is 2.08 bits per heavy atom. The van der Waals surface area contributed by atoms with Crippen LogP contribution in [-0.4, -0.2) is 5.78 Å². The molecule has 0 saturated carbocycles. The highest BCUT2D eigenvalue weighted by Gasteiger charge is 1.88. The summed E-state index contributed by atoms with van der Waals surface area (Å²) >= 11 is 0. The van der Waals surface area contributed by atoms with Gasteiger partial charge < -0.3 is 4.74 Å². The molecule has 0 aliphatic rings. The molecule has 68 valence electrons. The fraction of sp³-hybridized carbons (Fsp3) is 0.182. The molecule has 13 heavy (non-hydrogen) atoms. The maximum atomic E-state index is 10.5. The van der Waals surface area contributed by atoms with Crippen molar-refractivity contribution in [2.75, 3.05) is 0 Å². The van der Waals surface area contributed by atoms with E-state index in [-0.39, 0.29) is 5.78 Å². The van der Waals surface area contributed by atoms with Crippen LogP contribution in [0.15, 0.2) is 42.7 Å². The average molecular weight is 176 g/mol. The van der Waals surface area contributed by atoms with Crippen LogP contribution < -0.4 is 0 Å². The van der Waals surface area contributed by atoms with Gasteiger partial charge in [-0.25, -0.2) is 0 Å². The zero-order chi connectivity index (χ0) is 9.52. The number of ether oxygens (including phenoxy) is 1. The van der Waals surface area contributed by atoms with E-state index in [1.807, 2.05) is 30.3 Å². The molecule has 0 spiro atoms. The number of carbonyl (C=O) groups is 1. The first kappa shape index (κ1) is 9.52. The Balaban J connectivity index is 2.32. The van der Waals surface area contributed by atoms with Crippen LogP contribution in [0.4, 0.5) is 0 Å². The lowest BCUT2D eigenvalue weighted by molar-refractivity contribution is -0.112. The number of ketones is 1. The molecule has 0 radical (unpaired) electrons. The molecule has 0 saturated heterocycles. The Morgan fingerprint density at radius 3 is 2.69 bits per heavy atom. The number of rotatable bonds is 4. The number of allylic oxidation sites excluding steroid dienone is 1. The van der Waals surface area contributed by atoms with Gasteiger partial charge in [-0.2, -0.15) is 0 Å². The molecule has 1 aromatic rings. The molecule has 2 nitrogen and oxygen atoms in total. The second-order valence-corrected chi connectivity index (χ2v) is 2.71. The molecule has 0 atom stereocenters. The molecule has 0 aliphatic carbocycles. The first-order valence-corrected chi connectivity index (χ1v) is 4.11. The van der Waals surface area contributed by atoms with Crippen LogP contribution in [-0.2, 0) is 16.1 Å². The summed E-state index contributed by atoms with van der Waals surface area (Å²) in [5.41, 5.74) is 1.09. The van der Waals surface area contributed by atoms with Crippen LogP contribution in [0.5, 0.6) is 0 Å². The van der Waals surface area contributed by atoms with Crippen molar-refractivity contribution in [1.29, 1.82) is 0 Å². The zero-order valence-corrected chi connectivity index (χ0v) is 7.57. The molecule has 0 N–H and O–H groups in total. The van der Waals surface area contributed by atoms with Crippen molar-refractivity contribution in [2.45, 2.75) is 13.5 Å². The Hall–Kier alpha value is -1.57. The van der Waals surface area contributed by atoms with E-state index in [1.165, 1.54) is 19.3 Å². The Kier molecular flexibility index (Phi) is 3.76. The minimum Gasteiger partial charge on any atom is -0.496 e. The molecule has 0 aromatic heterocycles. The fourth-order valence-corrected chi connectivity index (χ4v) is 0.863. The first-order chi connectivity index (χ1) is 6.29. The van der Waals surface area contributed by atoms with Gasteiger partial charge in [0.2, 0.25) is 0 Å². The van der Waals surface area contributed by atoms with E-state index >= 15 is 0 Å². The van der Waals surface area contributed by atoms with Gasteiger partial charge in [-0.3, -0.25) is 4.79 Å². The van der Waals surface area contributed by atoms with Crippen molar-refractivity contribution in [3.8, 4) is 0 Å². The zero-order valence-electron chi connectivity index (χ0n) is 7.57. The summed E-state index contributed by atoms with van der Waals surface area (Å²) in [5, 5.41) is 0. The fourth-order valence-electron chi connectivity index (χ4n) is 0.863. The number of benzene rings is 1. The topological polar surface area (TPSA) is 26.3 Å². The summed E-state index contributed by atoms with van der Waals surface area (Å²) in [7, 11) is 0. The maximum Gasteiger partial charge on any atom is 0.155 e. The SMILES string of the molecule is CC(=O)C=COCc1ccccc1. The summed E-state index contributed by atoms with van der Waals surface area (Å²) in [6.45, 7) is 1.99. The van der Waals surface area contributed by atoms with E-state index in [4.69, 9.17) is 4.74 Å². The minimum absolute atomic E-state index is 0.00642. The van der Waals surface area contributed by atoms with Crippen LogP contribution in [0, 0.1) is 0 Å². The Morgan fingerprint density at radius 1 is 1.38 bits per heavy atom. The van der Waals surface area contributed by atoms with Crippen molar-refractivity contribution in [2.24, 2.45) is 0 Å². The molecule has 1 aromatic carbocycles. The average Bonchev–Trinajstić information content (AvgIpc) is 2.14. The second-order valence-electron chi connectivity index (χ2n) is 2.71. The molecule has 0 heterocycles. The van der Waals surface area contributed by atoms with E-state index in [0.717, 1.165) is 5.56 Å². The van der Waals surface area contributed by atoms with Crippen LogP contribution in [0.25, 0.3) is 0 Å². The summed E-state index contributed by atoms with van der Waals surface area (Å²) in [6.07, 6.45) is 2.83. The summed E-state index contributed by atoms with van der Waals surface area (Å²) < 4.78 is 5.13. The van der Waals surface area contributed by atoms with Gasteiger partial charge >= 0.3 is 0 Å². The van der Waals surface area contributed by atoms with Crippen molar-refractivity contribution < 1.29 is 9.53 Å². The predicted octanol–water partition coefficient (Wildman–Crippen LogP) is 2.31. The number of carbonyl (C=O) groups excluding carboxylic acids is 1. The van der Waals surface area contributed by atoms with Crippen LogP contribution in [0.1, 0.15) is 12.5 Å². The number of hydrogen-bond acceptors (Lipinski definition) is 2. The van der Waals surface area contributed by atoms with Gasteiger partial charge in [0.05, 0.1) is 6.26 Å². The minimum atomic E-state index is -0.00642. The molecule has 1 rings (SSSR count). The number of hydrogen-bond donors (Lipinski definition) is 0. The lowest BCUT2D eigenvalue weighted by atomic mass is 10.2. The van der Waals surface area contributed by atoms with Gasteiger partial charge in [0.25, 0.3) is 0 Å². The summed E-state index contributed by atoms with van der Waals surface area (Å²) in [4.78, 5) is 10.5. The van der Waals surface area contributed by atoms with E-state index < -0.39 is 0 Å². The summed E-state index contributed by atoms with van der Waals surface area (Å²) in [6, 6.07) is 9.80. The van der Waals surface area contributed by atoms with Crippen molar-refractivity contribution in [3.05, 3.63) is 48.2 Å². The van der Waals surface area contributed by atoms with Gasteiger partial charge in [0.15, 0.2) is 5.78 Å². The molecular weight excluding hydrogens is 164 g/mol. The molecule has 2 heteroatoms. The smallest absolute Gasteiger partial charge is 0.155 e. The molecular formula is C11H12O2. The normalized spacial score (nSPS) is 10.2. The van der Waals surface area contributed by atoms with Gasteiger partial charge in [0, 0.05) is 6.08 Å². The molecule has 0 fully saturated rings. The molecule has 0 bridgehead atoms. The van der Waals surface area contributed by atoms with E-state index in [9.17, 15) is 4.79 Å². The lowest BCUT2D eigenvalue weighted by Crippen LogP contribution is -1.87. The van der Waals surface area contributed by atoms with Gasteiger partial charge in [0.1, 0.15) is 6.61 Å². The van der Waals surface area contributed by atoms with Crippen LogP contribution >= 0.6 is 0 Å². The maximum absolute atomic E-state index is 10.5. The molecule has 0 aliphatic heterocycles. The Bertz CT molecular complexity index is 288. The lowest BCUT2D eigenvalue weighted by Gasteiger charge is -1.99. The van der Waals surface area contributed by atoms with E-state index in [2.05, 4.69) is 0 Å². The first-order valence-electron chi connectivity index (χ1n) is 4.11. The van der Waals surface area contributed by atoms with Crippen molar-refractivity contribution in [3.63, 3.8) is 0 Å². The van der Waals surface area contributed by atoms with Crippen molar-refractivity contribution >= 4 is 5.78 Å². The van der Waals surface area contributed by atoms with E-state index in [0.29, 0.717) is 6.61 Å². The monoisotopic (exact) mass is 176 g/mol. The third kappa shape index (κ3) is 4.11. The highest BCUT2D eigenvalue weighted by molar-refractivity contribution is 5.86. The van der Waals surface area contributed by atoms with Crippen LogP contribution in [0.3, 0.4) is 0 Å². The largest absolute Gasteiger partial charge is 0.496 e. The summed E-state index contributed by atoms with van der Waals surface area (Å²) in [5.74, 6) is -0.00642. The Labute approximate surface area is 77.8 Å². The third-order valence-corrected chi connectivity index (χ3v) is 1.49. The second kappa shape index (κ2) is 5.14. The highest BCUT2D eigenvalue weighted by atomic mass is 16.5. The predicted molar refractivity (Wildman–Crippen MR) is 51.1 cm³/mol. The molecule has 0 unspecified atom stereocenters. The van der Waals surface area contributed by atoms with E-state index in [1.54, 1.807) is 0 Å². The quantitative estimate of drug-likeness (QED) is 0.519. The third-order valence-electron chi connectivity index (χ3n) is 1.49. The van der Waals surface area contributed by atoms with Gasteiger partial charge in [-0.05, 0) is 12.5 Å². The highest BCUT2D eigenvalue weighted by Crippen LogP contribution is 2.00. The standard InChI is InChI=1S/C11H12O2/c1-10(12)7-8-13-9-11-5-3-2-4-6-11/h2-8H,9H2,1H3.